The van der Waals surface area contributed by atoms with Gasteiger partial charge in [-0.05, 0) is 24.6 Å². The topological polar surface area (TPSA) is 42.2 Å². The fourth-order valence-corrected chi connectivity index (χ4v) is 5.51. The quantitative estimate of drug-likeness (QED) is 0.130. The van der Waals surface area contributed by atoms with Gasteiger partial charge in [-0.3, -0.25) is 4.79 Å². The second-order valence-corrected chi connectivity index (χ2v) is 11.3. The number of aromatic nitrogens is 1. The first-order valence-corrected chi connectivity index (χ1v) is 15.7. The molecule has 39 heavy (non-hydrogen) atoms. The first kappa shape index (κ1) is 33.3. The average Bonchev–Trinajstić information content (AvgIpc) is 3.41. The lowest BCUT2D eigenvalue weighted by Gasteiger charge is -2.13. The Hall–Kier alpha value is -1.89. The van der Waals surface area contributed by atoms with Gasteiger partial charge >= 0.3 is 0 Å². The highest BCUT2D eigenvalue weighted by Gasteiger charge is 2.13. The average molecular weight is 636 g/mol. The van der Waals surface area contributed by atoms with E-state index in [-0.39, 0.29) is 29.3 Å². The van der Waals surface area contributed by atoms with Crippen LogP contribution in [0.1, 0.15) is 95.1 Å². The molecule has 1 heterocycles. The van der Waals surface area contributed by atoms with Crippen LogP contribution < -0.4 is 31.6 Å². The molecular weight excluding hydrogens is 592 g/mol. The molecule has 0 saturated heterocycles. The molecule has 0 spiro atoms. The maximum absolute atomic E-state index is 12.8. The van der Waals surface area contributed by atoms with Gasteiger partial charge in [0.15, 0.2) is 12.7 Å². The number of unbranched alkanes of at least 4 members (excludes halogenated alkanes) is 11. The van der Waals surface area contributed by atoms with E-state index in [1.807, 2.05) is 48.0 Å². The van der Waals surface area contributed by atoms with Crippen molar-refractivity contribution in [1.29, 1.82) is 0 Å². The summed E-state index contributed by atoms with van der Waals surface area (Å²) in [5, 5.41) is 5.64. The lowest BCUT2D eigenvalue weighted by atomic mass is 10.1. The molecule has 7 heteroatoms. The Morgan fingerprint density at radius 1 is 0.923 bits per heavy atom. The largest absolute Gasteiger partial charge is 1.00 e. The number of hydrogen-bond acceptors (Lipinski definition) is 3. The van der Waals surface area contributed by atoms with Crippen LogP contribution in [-0.4, -0.2) is 12.5 Å². The first-order chi connectivity index (χ1) is 18.7. The summed E-state index contributed by atoms with van der Waals surface area (Å²) in [6, 6.07) is 13.6. The summed E-state index contributed by atoms with van der Waals surface area (Å²) in [6.07, 6.45) is 18.0. The highest BCUT2D eigenvalue weighted by Crippen LogP contribution is 2.29. The number of halogens is 2. The Balaban J connectivity index is 0.00000533. The summed E-state index contributed by atoms with van der Waals surface area (Å²) in [4.78, 5) is 12.8. The van der Waals surface area contributed by atoms with Gasteiger partial charge in [-0.25, -0.2) is 0 Å². The summed E-state index contributed by atoms with van der Waals surface area (Å²) in [5.41, 5.74) is 4.83. The monoisotopic (exact) mass is 634 g/mol. The molecule has 4 nitrogen and oxygen atoms in total. The van der Waals surface area contributed by atoms with Gasteiger partial charge in [-0.15, -0.1) is 0 Å². The van der Waals surface area contributed by atoms with Gasteiger partial charge in [-0.1, -0.05) is 125 Å². The van der Waals surface area contributed by atoms with E-state index in [1.165, 1.54) is 64.2 Å². The molecule has 0 saturated carbocycles. The molecule has 2 aromatic carbocycles. The first-order valence-electron chi connectivity index (χ1n) is 14.4. The van der Waals surface area contributed by atoms with Gasteiger partial charge in [-0.2, -0.15) is 4.57 Å². The fraction of sp³-hybridized carbons (Fsp3) is 0.500. The van der Waals surface area contributed by atoms with E-state index < -0.39 is 0 Å². The molecule has 0 fully saturated rings. The zero-order valence-electron chi connectivity index (χ0n) is 23.3. The van der Waals surface area contributed by atoms with E-state index in [4.69, 9.17) is 16.3 Å². The summed E-state index contributed by atoms with van der Waals surface area (Å²) >= 11 is 8.12. The van der Waals surface area contributed by atoms with E-state index in [9.17, 15) is 4.79 Å². The maximum atomic E-state index is 12.8. The smallest absolute Gasteiger partial charge is 0.228 e. The minimum absolute atomic E-state index is 0. The fourth-order valence-electron chi connectivity index (χ4n) is 4.66. The van der Waals surface area contributed by atoms with Gasteiger partial charge in [0, 0.05) is 16.8 Å². The molecular formula is C32H44BrClN2O2S. The number of carbonyl (C=O) groups excluding carboxylic acids is 1. The normalized spacial score (nSPS) is 10.7. The van der Waals surface area contributed by atoms with Crippen LogP contribution in [0.25, 0.3) is 0 Å². The third kappa shape index (κ3) is 13.3. The number of thiazole rings is 1. The van der Waals surface area contributed by atoms with Crippen LogP contribution in [0.5, 0.6) is 5.75 Å². The molecule has 1 amide bonds. The van der Waals surface area contributed by atoms with Gasteiger partial charge < -0.3 is 27.0 Å². The predicted octanol–water partition coefficient (Wildman–Crippen LogP) is 6.00. The molecule has 0 unspecified atom stereocenters. The Bertz CT molecular complexity index is 1080. The Morgan fingerprint density at radius 3 is 2.26 bits per heavy atom. The van der Waals surface area contributed by atoms with Crippen LogP contribution in [0.2, 0.25) is 5.02 Å². The van der Waals surface area contributed by atoms with E-state index in [1.54, 1.807) is 11.3 Å². The van der Waals surface area contributed by atoms with Crippen molar-refractivity contribution in [3.63, 3.8) is 0 Å². The minimum atomic E-state index is -0.0807. The number of anilines is 1. The lowest BCUT2D eigenvalue weighted by Crippen LogP contribution is -3.00. The predicted molar refractivity (Wildman–Crippen MR) is 160 cm³/mol. The second-order valence-electron chi connectivity index (χ2n) is 10.1. The zero-order valence-corrected chi connectivity index (χ0v) is 26.5. The molecule has 0 aliphatic rings. The number of ether oxygens (including phenoxy) is 1. The SMILES string of the molecule is CCCCCCCCCCCCCCOc1c(Cl)cccc1CC(=O)Nc1cccc(C[n+]2ccsc2)c1.[Br-]. The van der Waals surface area contributed by atoms with Crippen molar-refractivity contribution in [3.8, 4) is 5.75 Å². The van der Waals surface area contributed by atoms with Crippen LogP contribution in [0.15, 0.2) is 59.6 Å². The summed E-state index contributed by atoms with van der Waals surface area (Å²) < 4.78 is 8.20. The van der Waals surface area contributed by atoms with Gasteiger partial charge in [0.2, 0.25) is 11.4 Å². The van der Waals surface area contributed by atoms with E-state index in [0.29, 0.717) is 17.4 Å². The molecule has 0 aliphatic heterocycles. The summed E-state index contributed by atoms with van der Waals surface area (Å²) in [5.74, 6) is 0.554. The number of benzene rings is 2. The van der Waals surface area contributed by atoms with Crippen molar-refractivity contribution in [2.75, 3.05) is 11.9 Å². The highest BCUT2D eigenvalue weighted by atomic mass is 79.9. The molecule has 0 radical (unpaired) electrons. The number of carbonyl (C=O) groups is 1. The van der Waals surface area contributed by atoms with Crippen molar-refractivity contribution >= 4 is 34.5 Å². The van der Waals surface area contributed by atoms with E-state index >= 15 is 0 Å². The van der Waals surface area contributed by atoms with Gasteiger partial charge in [0.25, 0.3) is 0 Å². The number of rotatable bonds is 19. The van der Waals surface area contributed by atoms with Crippen molar-refractivity contribution in [2.45, 2.75) is 96.9 Å². The Morgan fingerprint density at radius 2 is 1.59 bits per heavy atom. The van der Waals surface area contributed by atoms with Gasteiger partial charge in [0.1, 0.15) is 5.75 Å². The molecule has 3 rings (SSSR count). The third-order valence-electron chi connectivity index (χ3n) is 6.75. The van der Waals surface area contributed by atoms with Crippen molar-refractivity contribution < 1.29 is 31.1 Å². The lowest BCUT2D eigenvalue weighted by molar-refractivity contribution is -0.683. The van der Waals surface area contributed by atoms with Crippen LogP contribution in [0.4, 0.5) is 5.69 Å². The molecule has 0 aliphatic carbocycles. The number of nitrogens with zero attached hydrogens (tertiary/aromatic N) is 1. The van der Waals surface area contributed by atoms with Crippen molar-refractivity contribution in [3.05, 3.63) is 75.7 Å². The molecule has 1 N–H and O–H groups in total. The Kier molecular flexibility index (Phi) is 17.1. The van der Waals surface area contributed by atoms with Crippen molar-refractivity contribution in [2.24, 2.45) is 0 Å². The number of amides is 1. The molecule has 0 bridgehead atoms. The number of nitrogens with one attached hydrogen (secondary N) is 1. The molecule has 214 valence electrons. The van der Waals surface area contributed by atoms with Crippen LogP contribution in [0, 0.1) is 0 Å². The minimum Gasteiger partial charge on any atom is -1.00 e. The Labute approximate surface area is 254 Å². The summed E-state index contributed by atoms with van der Waals surface area (Å²) in [6.45, 7) is 3.67. The third-order valence-corrected chi connectivity index (χ3v) is 7.72. The number of para-hydroxylation sites is 1. The molecule has 1 aromatic heterocycles. The summed E-state index contributed by atoms with van der Waals surface area (Å²) in [7, 11) is 0. The van der Waals surface area contributed by atoms with Crippen LogP contribution in [-0.2, 0) is 17.8 Å². The van der Waals surface area contributed by atoms with Gasteiger partial charge in [0.05, 0.1) is 23.4 Å². The highest BCUT2D eigenvalue weighted by molar-refractivity contribution is 7.07. The standard InChI is InChI=1S/C32H43ClN2O2S.BrH/c1-2-3-4-5-6-7-8-9-10-11-12-13-21-37-32-28(17-15-19-30(32)33)24-31(36)34-29-18-14-16-27(23-29)25-35-20-22-38-26-35;/h14-20,22-23,26H,2-13,21,24-25H2,1H3;1H. The second kappa shape index (κ2) is 20.1. The van der Waals surface area contributed by atoms with Crippen LogP contribution in [0.3, 0.4) is 0 Å². The zero-order chi connectivity index (χ0) is 26.8. The van der Waals surface area contributed by atoms with Crippen LogP contribution >= 0.6 is 22.9 Å². The van der Waals surface area contributed by atoms with Crippen molar-refractivity contribution in [1.82, 2.24) is 0 Å². The van der Waals surface area contributed by atoms with E-state index in [0.717, 1.165) is 36.2 Å². The molecule has 0 atom stereocenters. The number of hydrogen-bond donors (Lipinski definition) is 1. The maximum Gasteiger partial charge on any atom is 0.228 e. The van der Waals surface area contributed by atoms with E-state index in [2.05, 4.69) is 28.4 Å². The molecule has 3 aromatic rings.